The van der Waals surface area contributed by atoms with Crippen molar-refractivity contribution in [2.24, 2.45) is 0 Å². The Morgan fingerprint density at radius 2 is 1.78 bits per heavy atom. The van der Waals surface area contributed by atoms with Gasteiger partial charge in [-0.25, -0.2) is 9.97 Å². The van der Waals surface area contributed by atoms with Crippen molar-refractivity contribution >= 4 is 29.3 Å². The summed E-state index contributed by atoms with van der Waals surface area (Å²) < 4.78 is 0. The van der Waals surface area contributed by atoms with E-state index in [2.05, 4.69) is 15.3 Å². The van der Waals surface area contributed by atoms with Gasteiger partial charge in [0.1, 0.15) is 0 Å². The van der Waals surface area contributed by atoms with Crippen LogP contribution in [0.2, 0.25) is 5.02 Å². The average Bonchev–Trinajstić information content (AvgIpc) is 2.53. The molecule has 0 unspecified atom stereocenters. The number of carbonyl (C=O) groups is 1. The van der Waals surface area contributed by atoms with Crippen molar-refractivity contribution in [1.29, 1.82) is 0 Å². The highest BCUT2D eigenvalue weighted by atomic mass is 35.5. The normalized spacial score (nSPS) is 10.6. The molecule has 2 aromatic rings. The van der Waals surface area contributed by atoms with E-state index in [0.717, 1.165) is 27.7 Å². The second-order valence-corrected chi connectivity index (χ2v) is 6.47. The third-order valence-corrected chi connectivity index (χ3v) is 4.39. The van der Waals surface area contributed by atoms with Crippen LogP contribution in [0.25, 0.3) is 0 Å². The molecule has 122 valence electrons. The number of rotatable bonds is 6. The van der Waals surface area contributed by atoms with Crippen LogP contribution in [0, 0.1) is 13.8 Å². The number of nitrogens with zero attached hydrogens (tertiary/aromatic N) is 2. The minimum atomic E-state index is 0.0210. The van der Waals surface area contributed by atoms with Gasteiger partial charge in [-0.2, -0.15) is 0 Å². The van der Waals surface area contributed by atoms with Crippen molar-refractivity contribution < 1.29 is 4.79 Å². The smallest absolute Gasteiger partial charge is 0.220 e. The van der Waals surface area contributed by atoms with Gasteiger partial charge in [0.25, 0.3) is 0 Å². The first kappa shape index (κ1) is 17.8. The van der Waals surface area contributed by atoms with Crippen LogP contribution >= 0.6 is 23.4 Å². The maximum atomic E-state index is 12.0. The summed E-state index contributed by atoms with van der Waals surface area (Å²) in [5, 5.41) is 4.39. The Bertz CT molecular complexity index is 666. The number of carbonyl (C=O) groups excluding carboxylic acids is 1. The third-order valence-electron chi connectivity index (χ3n) is 3.59. The summed E-state index contributed by atoms with van der Waals surface area (Å²) in [5.74, 6) is 0.0210. The summed E-state index contributed by atoms with van der Waals surface area (Å²) in [4.78, 5) is 20.9. The number of halogens is 1. The first-order chi connectivity index (χ1) is 11.0. The van der Waals surface area contributed by atoms with Crippen LogP contribution in [0.5, 0.6) is 0 Å². The third kappa shape index (κ3) is 5.22. The molecule has 1 heterocycles. The van der Waals surface area contributed by atoms with E-state index in [1.54, 1.807) is 0 Å². The first-order valence-corrected chi connectivity index (χ1v) is 8.99. The molecule has 1 N–H and O–H groups in total. The fourth-order valence-electron chi connectivity index (χ4n) is 2.29. The Morgan fingerprint density at radius 1 is 1.17 bits per heavy atom. The Kier molecular flexibility index (Phi) is 6.42. The van der Waals surface area contributed by atoms with E-state index in [4.69, 9.17) is 11.6 Å². The molecule has 0 atom stereocenters. The lowest BCUT2D eigenvalue weighted by molar-refractivity contribution is -0.121. The summed E-state index contributed by atoms with van der Waals surface area (Å²) in [7, 11) is 0. The highest BCUT2D eigenvalue weighted by Gasteiger charge is 2.10. The molecule has 4 nitrogen and oxygen atoms in total. The van der Waals surface area contributed by atoms with Crippen molar-refractivity contribution in [3.63, 3.8) is 0 Å². The molecule has 0 saturated carbocycles. The Hall–Kier alpha value is -1.59. The summed E-state index contributed by atoms with van der Waals surface area (Å²) in [6.07, 6.45) is 3.04. The zero-order chi connectivity index (χ0) is 16.8. The van der Waals surface area contributed by atoms with Crippen molar-refractivity contribution in [2.45, 2.75) is 38.4 Å². The Balaban J connectivity index is 1.88. The summed E-state index contributed by atoms with van der Waals surface area (Å²) in [6, 6.07) is 7.46. The average molecular weight is 350 g/mol. The molecule has 0 fully saturated rings. The summed E-state index contributed by atoms with van der Waals surface area (Å²) in [5.41, 5.74) is 3.99. The quantitative estimate of drug-likeness (QED) is 0.638. The molecule has 6 heteroatoms. The molecule has 2 rings (SSSR count). The number of hydrogen-bond donors (Lipinski definition) is 1. The van der Waals surface area contributed by atoms with Gasteiger partial charge in [0.2, 0.25) is 5.91 Å². The molecular weight excluding hydrogens is 330 g/mol. The largest absolute Gasteiger partial charge is 0.352 e. The summed E-state index contributed by atoms with van der Waals surface area (Å²) in [6.45, 7) is 4.45. The lowest BCUT2D eigenvalue weighted by Crippen LogP contribution is -2.23. The monoisotopic (exact) mass is 349 g/mol. The van der Waals surface area contributed by atoms with Crippen molar-refractivity contribution in [1.82, 2.24) is 15.3 Å². The minimum Gasteiger partial charge on any atom is -0.352 e. The van der Waals surface area contributed by atoms with Gasteiger partial charge in [0.15, 0.2) is 5.16 Å². The van der Waals surface area contributed by atoms with E-state index in [1.165, 1.54) is 11.8 Å². The Morgan fingerprint density at radius 3 is 2.35 bits per heavy atom. The molecule has 0 bridgehead atoms. The highest BCUT2D eigenvalue weighted by molar-refractivity contribution is 7.98. The van der Waals surface area contributed by atoms with Gasteiger partial charge in [0.05, 0.1) is 0 Å². The lowest BCUT2D eigenvalue weighted by Gasteiger charge is -2.10. The van der Waals surface area contributed by atoms with Crippen LogP contribution in [0.3, 0.4) is 0 Å². The van der Waals surface area contributed by atoms with Gasteiger partial charge in [-0.1, -0.05) is 35.5 Å². The van der Waals surface area contributed by atoms with E-state index in [9.17, 15) is 4.79 Å². The number of benzene rings is 1. The second-order valence-electron chi connectivity index (χ2n) is 5.26. The number of aromatic nitrogens is 2. The molecule has 0 aliphatic heterocycles. The molecule has 0 saturated heterocycles. The molecule has 1 amide bonds. The van der Waals surface area contributed by atoms with Gasteiger partial charge in [-0.15, -0.1) is 0 Å². The van der Waals surface area contributed by atoms with Crippen LogP contribution in [-0.2, 0) is 17.8 Å². The number of nitrogens with one attached hydrogen (secondary N) is 1. The van der Waals surface area contributed by atoms with Crippen LogP contribution in [0.15, 0.2) is 29.4 Å². The predicted molar refractivity (Wildman–Crippen MR) is 94.9 cm³/mol. The zero-order valence-electron chi connectivity index (χ0n) is 13.5. The van der Waals surface area contributed by atoms with Gasteiger partial charge >= 0.3 is 0 Å². The van der Waals surface area contributed by atoms with Crippen LogP contribution in [0.1, 0.15) is 28.9 Å². The van der Waals surface area contributed by atoms with E-state index in [0.29, 0.717) is 24.4 Å². The second kappa shape index (κ2) is 8.31. The Labute approximate surface area is 146 Å². The molecule has 0 aliphatic rings. The molecule has 0 radical (unpaired) electrons. The molecule has 0 spiro atoms. The van der Waals surface area contributed by atoms with Gasteiger partial charge in [0, 0.05) is 29.4 Å². The number of hydrogen-bond acceptors (Lipinski definition) is 4. The first-order valence-electron chi connectivity index (χ1n) is 7.39. The summed E-state index contributed by atoms with van der Waals surface area (Å²) >= 11 is 7.37. The fraction of sp³-hybridized carbons (Fsp3) is 0.353. The van der Waals surface area contributed by atoms with E-state index < -0.39 is 0 Å². The van der Waals surface area contributed by atoms with E-state index >= 15 is 0 Å². The van der Waals surface area contributed by atoms with Crippen molar-refractivity contribution in [3.05, 3.63) is 51.8 Å². The number of aryl methyl sites for hydroxylation is 2. The molecule has 23 heavy (non-hydrogen) atoms. The number of amides is 1. The molecule has 0 aliphatic carbocycles. The van der Waals surface area contributed by atoms with Crippen molar-refractivity contribution in [2.75, 3.05) is 6.26 Å². The topological polar surface area (TPSA) is 54.9 Å². The lowest BCUT2D eigenvalue weighted by atomic mass is 10.1. The maximum absolute atomic E-state index is 12.0. The SMILES string of the molecule is CSc1nc(C)c(CCC(=O)NCc2ccc(Cl)cc2)c(C)n1. The van der Waals surface area contributed by atoms with Crippen LogP contribution in [0.4, 0.5) is 0 Å². The van der Waals surface area contributed by atoms with Gasteiger partial charge < -0.3 is 5.32 Å². The number of thioether (sulfide) groups is 1. The molecule has 1 aromatic heterocycles. The van der Waals surface area contributed by atoms with Gasteiger partial charge in [-0.05, 0) is 49.8 Å². The standard InChI is InChI=1S/C17H20ClN3OS/c1-11-15(12(2)21-17(20-11)23-3)8-9-16(22)19-10-13-4-6-14(18)7-5-13/h4-7H,8-10H2,1-3H3,(H,19,22). The zero-order valence-corrected chi connectivity index (χ0v) is 15.1. The fourth-order valence-corrected chi connectivity index (χ4v) is 2.87. The van der Waals surface area contributed by atoms with Crippen LogP contribution in [-0.4, -0.2) is 22.1 Å². The van der Waals surface area contributed by atoms with E-state index in [1.807, 2.05) is 44.4 Å². The highest BCUT2D eigenvalue weighted by Crippen LogP contribution is 2.17. The van der Waals surface area contributed by atoms with Crippen molar-refractivity contribution in [3.8, 4) is 0 Å². The molecule has 1 aromatic carbocycles. The molecular formula is C17H20ClN3OS. The van der Waals surface area contributed by atoms with Gasteiger partial charge in [-0.3, -0.25) is 4.79 Å². The predicted octanol–water partition coefficient (Wildman–Crippen LogP) is 3.72. The maximum Gasteiger partial charge on any atom is 0.220 e. The van der Waals surface area contributed by atoms with E-state index in [-0.39, 0.29) is 5.91 Å². The minimum absolute atomic E-state index is 0.0210. The van der Waals surface area contributed by atoms with Crippen LogP contribution < -0.4 is 5.32 Å².